The summed E-state index contributed by atoms with van der Waals surface area (Å²) in [6.07, 6.45) is 0. The van der Waals surface area contributed by atoms with Crippen LogP contribution in [-0.2, 0) is 0 Å². The lowest BCUT2D eigenvalue weighted by molar-refractivity contribution is -0.385. The average molecular weight is 413 g/mol. The molecule has 2 aromatic carbocycles. The topological polar surface area (TPSA) is 138 Å². The van der Waals surface area contributed by atoms with E-state index in [0.717, 1.165) is 5.56 Å². The summed E-state index contributed by atoms with van der Waals surface area (Å²) in [6.45, 7) is 4.79. The van der Waals surface area contributed by atoms with Crippen molar-refractivity contribution in [2.45, 2.75) is 19.9 Å². The Morgan fingerprint density at radius 3 is 2.47 bits per heavy atom. The van der Waals surface area contributed by atoms with Gasteiger partial charge in [0.25, 0.3) is 0 Å². The minimum atomic E-state index is -0.602. The molecular weight excluding hydrogens is 390 g/mol. The minimum Gasteiger partial charge on any atom is -0.490 e. The number of hydrogen-bond acceptors (Lipinski definition) is 8. The summed E-state index contributed by atoms with van der Waals surface area (Å²) < 4.78 is 16.2. The van der Waals surface area contributed by atoms with E-state index in [2.05, 4.69) is 15.2 Å². The second-order valence-electron chi connectivity index (χ2n) is 6.24. The van der Waals surface area contributed by atoms with Crippen molar-refractivity contribution >= 4 is 5.69 Å². The molecule has 0 aliphatic heterocycles. The SMILES string of the molecule is CCOc1ccc([C@H](N)c2nc(-c3ccc(OC)c([N+](=O)[O-])c3)n[nH]2)cc1OCC. The summed E-state index contributed by atoms with van der Waals surface area (Å²) in [5, 5.41) is 18.2. The smallest absolute Gasteiger partial charge is 0.311 e. The average Bonchev–Trinajstić information content (AvgIpc) is 3.24. The number of nitrogens with two attached hydrogens (primary N) is 1. The van der Waals surface area contributed by atoms with Gasteiger partial charge >= 0.3 is 5.69 Å². The first kappa shape index (κ1) is 21.1. The van der Waals surface area contributed by atoms with Gasteiger partial charge in [-0.1, -0.05) is 6.07 Å². The number of benzene rings is 2. The molecule has 158 valence electrons. The number of aromatic nitrogens is 3. The highest BCUT2D eigenvalue weighted by Gasteiger charge is 2.20. The van der Waals surface area contributed by atoms with Gasteiger partial charge in [-0.3, -0.25) is 15.2 Å². The molecule has 0 bridgehead atoms. The highest BCUT2D eigenvalue weighted by molar-refractivity contribution is 5.63. The lowest BCUT2D eigenvalue weighted by Crippen LogP contribution is -2.14. The van der Waals surface area contributed by atoms with E-state index in [1.54, 1.807) is 18.2 Å². The highest BCUT2D eigenvalue weighted by atomic mass is 16.6. The van der Waals surface area contributed by atoms with E-state index < -0.39 is 11.0 Å². The van der Waals surface area contributed by atoms with Crippen LogP contribution in [0.2, 0.25) is 0 Å². The molecule has 0 amide bonds. The maximum Gasteiger partial charge on any atom is 0.311 e. The zero-order valence-electron chi connectivity index (χ0n) is 16.9. The molecule has 30 heavy (non-hydrogen) atoms. The molecule has 1 aromatic heterocycles. The van der Waals surface area contributed by atoms with E-state index >= 15 is 0 Å². The quantitative estimate of drug-likeness (QED) is 0.403. The molecule has 10 nitrogen and oxygen atoms in total. The number of nitrogens with zero attached hydrogens (tertiary/aromatic N) is 3. The van der Waals surface area contributed by atoms with Crippen molar-refractivity contribution in [3.05, 3.63) is 57.9 Å². The fourth-order valence-electron chi connectivity index (χ4n) is 2.93. The highest BCUT2D eigenvalue weighted by Crippen LogP contribution is 2.33. The first-order chi connectivity index (χ1) is 14.5. The summed E-state index contributed by atoms with van der Waals surface area (Å²) in [4.78, 5) is 15.2. The van der Waals surface area contributed by atoms with E-state index in [0.29, 0.717) is 41.9 Å². The Kier molecular flexibility index (Phi) is 6.48. The van der Waals surface area contributed by atoms with Gasteiger partial charge in [0.05, 0.1) is 31.3 Å². The number of nitrogens with one attached hydrogen (secondary N) is 1. The van der Waals surface area contributed by atoms with Gasteiger partial charge in [-0.15, -0.1) is 0 Å². The van der Waals surface area contributed by atoms with Crippen LogP contribution in [0.3, 0.4) is 0 Å². The number of H-pyrrole nitrogens is 1. The maximum atomic E-state index is 11.3. The lowest BCUT2D eigenvalue weighted by atomic mass is 10.1. The van der Waals surface area contributed by atoms with E-state index in [-0.39, 0.29) is 11.4 Å². The summed E-state index contributed by atoms with van der Waals surface area (Å²) in [5.41, 5.74) is 7.42. The lowest BCUT2D eigenvalue weighted by Gasteiger charge is -2.14. The third kappa shape index (κ3) is 4.33. The van der Waals surface area contributed by atoms with Crippen LogP contribution in [-0.4, -0.2) is 40.4 Å². The van der Waals surface area contributed by atoms with Crippen LogP contribution in [0.1, 0.15) is 31.3 Å². The van der Waals surface area contributed by atoms with Gasteiger partial charge < -0.3 is 19.9 Å². The number of hydrogen-bond donors (Lipinski definition) is 2. The van der Waals surface area contributed by atoms with Crippen LogP contribution in [0, 0.1) is 10.1 Å². The molecule has 0 aliphatic carbocycles. The number of ether oxygens (including phenoxy) is 3. The zero-order valence-corrected chi connectivity index (χ0v) is 16.9. The molecule has 0 aliphatic rings. The number of rotatable bonds is 9. The molecular formula is C20H23N5O5. The van der Waals surface area contributed by atoms with Crippen molar-refractivity contribution in [2.75, 3.05) is 20.3 Å². The molecule has 0 saturated heterocycles. The summed E-state index contributed by atoms with van der Waals surface area (Å²) >= 11 is 0. The molecule has 0 radical (unpaired) electrons. The zero-order chi connectivity index (χ0) is 21.7. The number of nitro groups is 1. The van der Waals surface area contributed by atoms with Crippen LogP contribution in [0.15, 0.2) is 36.4 Å². The predicted molar refractivity (Wildman–Crippen MR) is 110 cm³/mol. The molecule has 3 N–H and O–H groups in total. The maximum absolute atomic E-state index is 11.3. The standard InChI is InChI=1S/C20H23N5O5/c1-4-29-16-9-6-12(11-17(16)30-5-2)18(21)20-22-19(23-24-20)13-7-8-15(28-3)14(10-13)25(26)27/h6-11,18H,4-5,21H2,1-3H3,(H,22,23,24)/t18-/m0/s1. The van der Waals surface area contributed by atoms with Crippen LogP contribution >= 0.6 is 0 Å². The first-order valence-electron chi connectivity index (χ1n) is 9.38. The molecule has 0 unspecified atom stereocenters. The molecule has 10 heteroatoms. The van der Waals surface area contributed by atoms with Crippen molar-refractivity contribution in [1.82, 2.24) is 15.2 Å². The molecule has 3 rings (SSSR count). The third-order valence-electron chi connectivity index (χ3n) is 4.36. The molecule has 0 spiro atoms. The molecule has 3 aromatic rings. The van der Waals surface area contributed by atoms with Crippen molar-refractivity contribution < 1.29 is 19.1 Å². The van der Waals surface area contributed by atoms with Gasteiger partial charge in [-0.25, -0.2) is 4.98 Å². The van der Waals surface area contributed by atoms with E-state index in [1.807, 2.05) is 19.9 Å². The van der Waals surface area contributed by atoms with E-state index in [1.165, 1.54) is 19.2 Å². The fraction of sp³-hybridized carbons (Fsp3) is 0.300. The van der Waals surface area contributed by atoms with Crippen LogP contribution in [0.5, 0.6) is 17.2 Å². The van der Waals surface area contributed by atoms with Crippen LogP contribution < -0.4 is 19.9 Å². The first-order valence-corrected chi connectivity index (χ1v) is 9.38. The van der Waals surface area contributed by atoms with E-state index in [9.17, 15) is 10.1 Å². The van der Waals surface area contributed by atoms with Crippen LogP contribution in [0.4, 0.5) is 5.69 Å². The minimum absolute atomic E-state index is 0.161. The summed E-state index contributed by atoms with van der Waals surface area (Å²) in [7, 11) is 1.37. The Balaban J connectivity index is 1.90. The molecule has 0 saturated carbocycles. The summed E-state index contributed by atoms with van der Waals surface area (Å²) in [5.74, 6) is 2.10. The van der Waals surface area contributed by atoms with Gasteiger partial charge in [-0.05, 0) is 43.7 Å². The summed E-state index contributed by atoms with van der Waals surface area (Å²) in [6, 6.07) is 9.35. The number of nitro benzene ring substituents is 1. The van der Waals surface area contributed by atoms with Gasteiger partial charge in [-0.2, -0.15) is 5.10 Å². The van der Waals surface area contributed by atoms with Crippen molar-refractivity contribution in [1.29, 1.82) is 0 Å². The van der Waals surface area contributed by atoms with Gasteiger partial charge in [0.2, 0.25) is 0 Å². The number of methoxy groups -OCH3 is 1. The number of aromatic amines is 1. The molecule has 0 fully saturated rings. The van der Waals surface area contributed by atoms with Crippen molar-refractivity contribution in [2.24, 2.45) is 5.73 Å². The Bertz CT molecular complexity index is 1040. The predicted octanol–water partition coefficient (Wildman–Crippen LogP) is 3.23. The largest absolute Gasteiger partial charge is 0.490 e. The Hall–Kier alpha value is -3.66. The van der Waals surface area contributed by atoms with Crippen molar-refractivity contribution in [3.63, 3.8) is 0 Å². The Labute approximate surface area is 173 Å². The Morgan fingerprint density at radius 1 is 1.10 bits per heavy atom. The van der Waals surface area contributed by atoms with Gasteiger partial charge in [0.15, 0.2) is 23.1 Å². The Morgan fingerprint density at radius 2 is 1.80 bits per heavy atom. The second kappa shape index (κ2) is 9.23. The molecule has 1 heterocycles. The monoisotopic (exact) mass is 413 g/mol. The normalized spacial score (nSPS) is 11.7. The third-order valence-corrected chi connectivity index (χ3v) is 4.36. The van der Waals surface area contributed by atoms with Gasteiger partial charge in [0, 0.05) is 11.6 Å². The van der Waals surface area contributed by atoms with Crippen LogP contribution in [0.25, 0.3) is 11.4 Å². The van der Waals surface area contributed by atoms with E-state index in [4.69, 9.17) is 19.9 Å². The van der Waals surface area contributed by atoms with Crippen molar-refractivity contribution in [3.8, 4) is 28.6 Å². The molecule has 1 atom stereocenters. The second-order valence-corrected chi connectivity index (χ2v) is 6.24. The van der Waals surface area contributed by atoms with Gasteiger partial charge in [0.1, 0.15) is 5.82 Å². The fourth-order valence-corrected chi connectivity index (χ4v) is 2.93.